The quantitative estimate of drug-likeness (QED) is 0.701. The molecule has 23 heavy (non-hydrogen) atoms. The number of hydrogen-bond acceptors (Lipinski definition) is 3. The van der Waals surface area contributed by atoms with Gasteiger partial charge in [-0.15, -0.1) is 0 Å². The van der Waals surface area contributed by atoms with E-state index in [0.717, 1.165) is 46.4 Å². The lowest BCUT2D eigenvalue weighted by Crippen LogP contribution is -2.19. The van der Waals surface area contributed by atoms with Gasteiger partial charge in [0.15, 0.2) is 0 Å². The largest absolute Gasteiger partial charge is 0.368 e. The number of aliphatic imine (C=N–C) groups is 1. The molecule has 0 atom stereocenters. The Morgan fingerprint density at radius 2 is 1.78 bits per heavy atom. The predicted molar refractivity (Wildman–Crippen MR) is 93.6 cm³/mol. The Kier molecular flexibility index (Phi) is 3.50. The molecule has 0 saturated carbocycles. The molecule has 2 heterocycles. The van der Waals surface area contributed by atoms with Gasteiger partial charge < -0.3 is 5.32 Å². The summed E-state index contributed by atoms with van der Waals surface area (Å²) in [7, 11) is 0. The van der Waals surface area contributed by atoms with Gasteiger partial charge in [0.05, 0.1) is 12.1 Å². The molecule has 1 aliphatic heterocycles. The molecule has 0 spiro atoms. The van der Waals surface area contributed by atoms with Gasteiger partial charge >= 0.3 is 0 Å². The van der Waals surface area contributed by atoms with Gasteiger partial charge in [-0.05, 0) is 12.1 Å². The Morgan fingerprint density at radius 3 is 2.61 bits per heavy atom. The van der Waals surface area contributed by atoms with Crippen LogP contribution >= 0.6 is 0 Å². The number of amidine groups is 1. The Morgan fingerprint density at radius 1 is 0.913 bits per heavy atom. The maximum absolute atomic E-state index is 4.42. The third-order valence-electron chi connectivity index (χ3n) is 3.84. The first-order valence-corrected chi connectivity index (χ1v) is 7.64. The molecule has 0 saturated heterocycles. The first-order chi connectivity index (χ1) is 11.4. The van der Waals surface area contributed by atoms with E-state index in [-0.39, 0.29) is 0 Å². The van der Waals surface area contributed by atoms with Crippen molar-refractivity contribution in [3.8, 4) is 11.8 Å². The summed E-state index contributed by atoms with van der Waals surface area (Å²) >= 11 is 0. The van der Waals surface area contributed by atoms with Gasteiger partial charge in [-0.2, -0.15) is 0 Å². The molecule has 3 nitrogen and oxygen atoms in total. The van der Waals surface area contributed by atoms with Gasteiger partial charge in [-0.25, -0.2) is 0 Å². The molecule has 0 fully saturated rings. The lowest BCUT2D eigenvalue weighted by molar-refractivity contribution is 0.960. The third kappa shape index (κ3) is 2.79. The van der Waals surface area contributed by atoms with Crippen LogP contribution in [-0.2, 0) is 0 Å². The summed E-state index contributed by atoms with van der Waals surface area (Å²) in [6.07, 6.45) is 3.69. The van der Waals surface area contributed by atoms with Crippen LogP contribution in [0.25, 0.3) is 10.8 Å². The standard InChI is InChI=1S/C20H15N3/c1-2-4-19-17(3-1)13-21-14-18(19)10-7-15-5-8-16(9-6-15)20-22-11-12-23-20/h1-6,8-9,13-14H,11-12H2,(H,22,23). The summed E-state index contributed by atoms with van der Waals surface area (Å²) in [6.45, 7) is 1.77. The summed E-state index contributed by atoms with van der Waals surface area (Å²) in [5, 5.41) is 5.52. The number of aromatic nitrogens is 1. The topological polar surface area (TPSA) is 37.3 Å². The van der Waals surface area contributed by atoms with Crippen LogP contribution in [0.3, 0.4) is 0 Å². The molecule has 0 bridgehead atoms. The van der Waals surface area contributed by atoms with Crippen LogP contribution in [-0.4, -0.2) is 23.9 Å². The van der Waals surface area contributed by atoms with Gasteiger partial charge in [0.2, 0.25) is 0 Å². The zero-order valence-corrected chi connectivity index (χ0v) is 12.6. The highest BCUT2D eigenvalue weighted by molar-refractivity contribution is 5.99. The van der Waals surface area contributed by atoms with Crippen molar-refractivity contribution in [2.75, 3.05) is 13.1 Å². The van der Waals surface area contributed by atoms with Crippen LogP contribution in [0.2, 0.25) is 0 Å². The molecule has 0 aliphatic carbocycles. The van der Waals surface area contributed by atoms with Crippen LogP contribution < -0.4 is 5.32 Å². The Bertz CT molecular complexity index is 939. The van der Waals surface area contributed by atoms with Crippen molar-refractivity contribution >= 4 is 16.6 Å². The predicted octanol–water partition coefficient (Wildman–Crippen LogP) is 2.98. The molecule has 1 aliphatic rings. The lowest BCUT2D eigenvalue weighted by atomic mass is 10.1. The molecule has 0 radical (unpaired) electrons. The summed E-state index contributed by atoms with van der Waals surface area (Å²) in [5.74, 6) is 7.43. The fourth-order valence-electron chi connectivity index (χ4n) is 2.66. The fourth-order valence-corrected chi connectivity index (χ4v) is 2.66. The molecule has 1 aromatic heterocycles. The average Bonchev–Trinajstić information content (AvgIpc) is 3.15. The van der Waals surface area contributed by atoms with Crippen molar-refractivity contribution in [3.63, 3.8) is 0 Å². The molecular formula is C20H15N3. The average molecular weight is 297 g/mol. The van der Waals surface area contributed by atoms with E-state index in [0.29, 0.717) is 0 Å². The van der Waals surface area contributed by atoms with Crippen molar-refractivity contribution in [3.05, 3.63) is 77.6 Å². The number of hydrogen-bond donors (Lipinski definition) is 1. The highest BCUT2D eigenvalue weighted by atomic mass is 15.1. The Hall–Kier alpha value is -3.12. The minimum Gasteiger partial charge on any atom is -0.368 e. The highest BCUT2D eigenvalue weighted by Gasteiger charge is 2.06. The maximum atomic E-state index is 4.42. The van der Waals surface area contributed by atoms with Crippen LogP contribution in [0.1, 0.15) is 16.7 Å². The number of fused-ring (bicyclic) bond motifs is 1. The Labute approximate surface area is 135 Å². The van der Waals surface area contributed by atoms with E-state index in [1.165, 1.54) is 0 Å². The monoisotopic (exact) mass is 297 g/mol. The summed E-state index contributed by atoms with van der Waals surface area (Å²) in [6, 6.07) is 16.3. The molecule has 4 rings (SSSR count). The molecule has 0 unspecified atom stereocenters. The van der Waals surface area contributed by atoms with E-state index in [1.54, 1.807) is 0 Å². The van der Waals surface area contributed by atoms with Crippen molar-refractivity contribution in [2.24, 2.45) is 4.99 Å². The summed E-state index contributed by atoms with van der Waals surface area (Å²) in [5.41, 5.74) is 3.05. The van der Waals surface area contributed by atoms with E-state index < -0.39 is 0 Å². The van der Waals surface area contributed by atoms with Crippen molar-refractivity contribution in [2.45, 2.75) is 0 Å². The van der Waals surface area contributed by atoms with Gasteiger partial charge in [0.1, 0.15) is 5.84 Å². The van der Waals surface area contributed by atoms with E-state index in [9.17, 15) is 0 Å². The molecular weight excluding hydrogens is 282 g/mol. The van der Waals surface area contributed by atoms with Crippen LogP contribution in [0.4, 0.5) is 0 Å². The molecule has 110 valence electrons. The number of nitrogens with zero attached hydrogens (tertiary/aromatic N) is 2. The highest BCUT2D eigenvalue weighted by Crippen LogP contribution is 2.16. The minimum absolute atomic E-state index is 0.852. The number of pyridine rings is 1. The zero-order chi connectivity index (χ0) is 15.5. The first-order valence-electron chi connectivity index (χ1n) is 7.64. The van der Waals surface area contributed by atoms with E-state index in [2.05, 4.69) is 51.4 Å². The smallest absolute Gasteiger partial charge is 0.128 e. The van der Waals surface area contributed by atoms with E-state index in [4.69, 9.17) is 0 Å². The number of rotatable bonds is 1. The summed E-state index contributed by atoms with van der Waals surface area (Å²) in [4.78, 5) is 8.69. The van der Waals surface area contributed by atoms with Gasteiger partial charge in [-0.1, -0.05) is 48.2 Å². The van der Waals surface area contributed by atoms with Crippen LogP contribution in [0.5, 0.6) is 0 Å². The van der Waals surface area contributed by atoms with Crippen molar-refractivity contribution in [1.29, 1.82) is 0 Å². The fraction of sp³-hybridized carbons (Fsp3) is 0.100. The number of benzene rings is 2. The SMILES string of the molecule is C(#Cc1cncc2ccccc12)c1ccc(C2=NCCN2)cc1. The maximum Gasteiger partial charge on any atom is 0.128 e. The van der Waals surface area contributed by atoms with Crippen LogP contribution in [0, 0.1) is 11.8 Å². The van der Waals surface area contributed by atoms with Gasteiger partial charge in [0, 0.05) is 40.8 Å². The number of nitrogens with one attached hydrogen (secondary N) is 1. The van der Waals surface area contributed by atoms with Gasteiger partial charge in [0.25, 0.3) is 0 Å². The molecule has 1 N–H and O–H groups in total. The normalized spacial score (nSPS) is 13.1. The third-order valence-corrected chi connectivity index (χ3v) is 3.84. The minimum atomic E-state index is 0.852. The molecule has 0 amide bonds. The molecule has 3 aromatic rings. The van der Waals surface area contributed by atoms with E-state index >= 15 is 0 Å². The second kappa shape index (κ2) is 5.94. The molecule has 3 heteroatoms. The van der Waals surface area contributed by atoms with Gasteiger partial charge in [-0.3, -0.25) is 9.98 Å². The molecule has 2 aromatic carbocycles. The van der Waals surface area contributed by atoms with Crippen molar-refractivity contribution < 1.29 is 0 Å². The van der Waals surface area contributed by atoms with E-state index in [1.807, 2.05) is 36.7 Å². The second-order valence-electron chi connectivity index (χ2n) is 5.39. The van der Waals surface area contributed by atoms with Crippen LogP contribution in [0.15, 0.2) is 65.9 Å². The zero-order valence-electron chi connectivity index (χ0n) is 12.6. The second-order valence-corrected chi connectivity index (χ2v) is 5.39. The first kappa shape index (κ1) is 13.5. The Balaban J connectivity index is 1.64. The van der Waals surface area contributed by atoms with Crippen molar-refractivity contribution in [1.82, 2.24) is 10.3 Å². The summed E-state index contributed by atoms with van der Waals surface area (Å²) < 4.78 is 0. The lowest BCUT2D eigenvalue weighted by Gasteiger charge is -2.01.